The van der Waals surface area contributed by atoms with Crippen molar-refractivity contribution >= 4 is 28.6 Å². The maximum atomic E-state index is 13.3. The standard InChI is InChI=1S/C12H12FN3S/c13-8-1-2-10-9(5-8)11(16-12(14)15-10)7-3-4-17-6-7/h1-2,5,7H,3-4,6H2,(H2,14,15,16). The van der Waals surface area contributed by atoms with Crippen molar-refractivity contribution in [2.75, 3.05) is 17.2 Å². The summed E-state index contributed by atoms with van der Waals surface area (Å²) in [4.78, 5) is 8.45. The van der Waals surface area contributed by atoms with Crippen LogP contribution in [-0.2, 0) is 0 Å². The topological polar surface area (TPSA) is 51.8 Å². The Morgan fingerprint density at radius 2 is 2.24 bits per heavy atom. The molecule has 1 aromatic carbocycles. The van der Waals surface area contributed by atoms with Crippen LogP contribution in [0.25, 0.3) is 10.9 Å². The summed E-state index contributed by atoms with van der Waals surface area (Å²) in [6, 6.07) is 4.57. The molecule has 1 aliphatic heterocycles. The molecular weight excluding hydrogens is 237 g/mol. The number of aromatic nitrogens is 2. The molecule has 1 fully saturated rings. The first-order chi connectivity index (χ1) is 8.24. The molecule has 5 heteroatoms. The summed E-state index contributed by atoms with van der Waals surface area (Å²) in [5.74, 6) is 2.55. The summed E-state index contributed by atoms with van der Waals surface area (Å²) in [6.07, 6.45) is 1.08. The van der Waals surface area contributed by atoms with Gasteiger partial charge in [0.1, 0.15) is 5.82 Å². The molecule has 1 saturated heterocycles. The van der Waals surface area contributed by atoms with Gasteiger partial charge in [-0.25, -0.2) is 14.4 Å². The molecule has 2 heterocycles. The largest absolute Gasteiger partial charge is 0.368 e. The van der Waals surface area contributed by atoms with Gasteiger partial charge in [-0.15, -0.1) is 0 Å². The van der Waals surface area contributed by atoms with Gasteiger partial charge in [-0.2, -0.15) is 11.8 Å². The van der Waals surface area contributed by atoms with Gasteiger partial charge in [0.2, 0.25) is 5.95 Å². The van der Waals surface area contributed by atoms with Gasteiger partial charge in [-0.3, -0.25) is 0 Å². The number of fused-ring (bicyclic) bond motifs is 1. The Labute approximate surface area is 103 Å². The lowest BCUT2D eigenvalue weighted by Gasteiger charge is -2.11. The lowest BCUT2D eigenvalue weighted by Crippen LogP contribution is -2.06. The maximum Gasteiger partial charge on any atom is 0.220 e. The number of nitrogens with two attached hydrogens (primary N) is 1. The van der Waals surface area contributed by atoms with Gasteiger partial charge in [-0.05, 0) is 30.4 Å². The second kappa shape index (κ2) is 4.14. The first-order valence-electron chi connectivity index (χ1n) is 5.54. The first kappa shape index (κ1) is 10.8. The van der Waals surface area contributed by atoms with E-state index >= 15 is 0 Å². The van der Waals surface area contributed by atoms with Crippen LogP contribution in [-0.4, -0.2) is 21.5 Å². The maximum absolute atomic E-state index is 13.3. The molecule has 2 N–H and O–H groups in total. The van der Waals surface area contributed by atoms with Crippen molar-refractivity contribution in [2.24, 2.45) is 0 Å². The van der Waals surface area contributed by atoms with Gasteiger partial charge in [0.05, 0.1) is 11.2 Å². The molecule has 0 spiro atoms. The summed E-state index contributed by atoms with van der Waals surface area (Å²) in [6.45, 7) is 0. The van der Waals surface area contributed by atoms with E-state index in [4.69, 9.17) is 5.73 Å². The second-order valence-corrected chi connectivity index (χ2v) is 5.34. The monoisotopic (exact) mass is 249 g/mol. The number of nitrogens with zero attached hydrogens (tertiary/aromatic N) is 2. The molecule has 3 rings (SSSR count). The number of benzene rings is 1. The van der Waals surface area contributed by atoms with E-state index < -0.39 is 0 Å². The van der Waals surface area contributed by atoms with E-state index in [0.717, 1.165) is 34.5 Å². The molecule has 1 unspecified atom stereocenters. The predicted molar refractivity (Wildman–Crippen MR) is 68.6 cm³/mol. The fraction of sp³-hybridized carbons (Fsp3) is 0.333. The zero-order valence-electron chi connectivity index (χ0n) is 9.19. The minimum Gasteiger partial charge on any atom is -0.368 e. The molecule has 17 heavy (non-hydrogen) atoms. The second-order valence-electron chi connectivity index (χ2n) is 4.19. The lowest BCUT2D eigenvalue weighted by molar-refractivity contribution is 0.629. The first-order valence-corrected chi connectivity index (χ1v) is 6.70. The van der Waals surface area contributed by atoms with Crippen LogP contribution in [0.4, 0.5) is 10.3 Å². The molecular formula is C12H12FN3S. The fourth-order valence-corrected chi connectivity index (χ4v) is 3.43. The van der Waals surface area contributed by atoms with Gasteiger partial charge in [0.25, 0.3) is 0 Å². The van der Waals surface area contributed by atoms with Crippen LogP contribution in [0.5, 0.6) is 0 Å². The molecule has 0 saturated carbocycles. The molecule has 3 nitrogen and oxygen atoms in total. The number of anilines is 1. The van der Waals surface area contributed by atoms with Crippen LogP contribution in [0, 0.1) is 5.82 Å². The average Bonchev–Trinajstić information content (AvgIpc) is 2.82. The van der Waals surface area contributed by atoms with Crippen LogP contribution in [0.15, 0.2) is 18.2 Å². The number of halogens is 1. The molecule has 0 radical (unpaired) electrons. The van der Waals surface area contributed by atoms with Gasteiger partial charge in [-0.1, -0.05) is 0 Å². The molecule has 2 aromatic rings. The number of rotatable bonds is 1. The smallest absolute Gasteiger partial charge is 0.220 e. The van der Waals surface area contributed by atoms with E-state index in [0.29, 0.717) is 5.92 Å². The Bertz CT molecular complexity index is 567. The Hall–Kier alpha value is -1.36. The van der Waals surface area contributed by atoms with Crippen molar-refractivity contribution in [1.82, 2.24) is 9.97 Å². The molecule has 1 aromatic heterocycles. The van der Waals surface area contributed by atoms with Crippen molar-refractivity contribution < 1.29 is 4.39 Å². The quantitative estimate of drug-likeness (QED) is 0.844. The average molecular weight is 249 g/mol. The summed E-state index contributed by atoms with van der Waals surface area (Å²) < 4.78 is 13.3. The number of thioether (sulfide) groups is 1. The summed E-state index contributed by atoms with van der Waals surface area (Å²) in [5.41, 5.74) is 7.34. The highest BCUT2D eigenvalue weighted by molar-refractivity contribution is 7.99. The van der Waals surface area contributed by atoms with Crippen LogP contribution in [0.2, 0.25) is 0 Å². The van der Waals surface area contributed by atoms with Crippen molar-refractivity contribution in [2.45, 2.75) is 12.3 Å². The number of nitrogen functional groups attached to an aromatic ring is 1. The van der Waals surface area contributed by atoms with E-state index in [1.54, 1.807) is 6.07 Å². The Morgan fingerprint density at radius 1 is 1.35 bits per heavy atom. The fourth-order valence-electron chi connectivity index (χ4n) is 2.20. The van der Waals surface area contributed by atoms with Gasteiger partial charge < -0.3 is 5.73 Å². The highest BCUT2D eigenvalue weighted by Crippen LogP contribution is 2.35. The third kappa shape index (κ3) is 1.95. The molecule has 0 bridgehead atoms. The van der Waals surface area contributed by atoms with E-state index in [1.165, 1.54) is 12.1 Å². The molecule has 1 aliphatic rings. The Morgan fingerprint density at radius 3 is 3.00 bits per heavy atom. The van der Waals surface area contributed by atoms with Crippen LogP contribution >= 0.6 is 11.8 Å². The highest BCUT2D eigenvalue weighted by Gasteiger charge is 2.22. The van der Waals surface area contributed by atoms with Crippen LogP contribution in [0.1, 0.15) is 18.0 Å². The molecule has 88 valence electrons. The molecule has 0 amide bonds. The summed E-state index contributed by atoms with van der Waals surface area (Å²) in [5, 5.41) is 0.798. The summed E-state index contributed by atoms with van der Waals surface area (Å²) >= 11 is 1.90. The van der Waals surface area contributed by atoms with Crippen molar-refractivity contribution in [3.63, 3.8) is 0 Å². The third-order valence-corrected chi connectivity index (χ3v) is 4.18. The third-order valence-electron chi connectivity index (χ3n) is 3.02. The van der Waals surface area contributed by atoms with Gasteiger partial charge >= 0.3 is 0 Å². The highest BCUT2D eigenvalue weighted by atomic mass is 32.2. The zero-order chi connectivity index (χ0) is 11.8. The Balaban J connectivity index is 2.23. The van der Waals surface area contributed by atoms with Gasteiger partial charge in [0.15, 0.2) is 0 Å². The Kier molecular flexibility index (Phi) is 2.63. The minimum absolute atomic E-state index is 0.252. The van der Waals surface area contributed by atoms with E-state index in [1.807, 2.05) is 11.8 Å². The minimum atomic E-state index is -0.252. The van der Waals surface area contributed by atoms with E-state index in [2.05, 4.69) is 9.97 Å². The van der Waals surface area contributed by atoms with Crippen molar-refractivity contribution in [3.05, 3.63) is 29.7 Å². The van der Waals surface area contributed by atoms with Crippen LogP contribution in [0.3, 0.4) is 0 Å². The van der Waals surface area contributed by atoms with E-state index in [-0.39, 0.29) is 11.8 Å². The number of hydrogen-bond acceptors (Lipinski definition) is 4. The van der Waals surface area contributed by atoms with E-state index in [9.17, 15) is 4.39 Å². The van der Waals surface area contributed by atoms with Gasteiger partial charge in [0, 0.05) is 17.1 Å². The lowest BCUT2D eigenvalue weighted by atomic mass is 10.0. The number of hydrogen-bond donors (Lipinski definition) is 1. The van der Waals surface area contributed by atoms with Crippen LogP contribution < -0.4 is 5.73 Å². The molecule has 0 aliphatic carbocycles. The SMILES string of the molecule is Nc1nc(C2CCSC2)c2cc(F)ccc2n1. The normalized spacial score (nSPS) is 19.9. The zero-order valence-corrected chi connectivity index (χ0v) is 10.0. The van der Waals surface area contributed by atoms with Crippen molar-refractivity contribution in [3.8, 4) is 0 Å². The molecule has 1 atom stereocenters. The summed E-state index contributed by atoms with van der Waals surface area (Å²) in [7, 11) is 0. The predicted octanol–water partition coefficient (Wildman–Crippen LogP) is 2.57. The van der Waals surface area contributed by atoms with Crippen molar-refractivity contribution in [1.29, 1.82) is 0 Å².